The number of benzene rings is 1. The number of aromatic carboxylic acids is 1. The first-order valence-electron chi connectivity index (χ1n) is 5.95. The van der Waals surface area contributed by atoms with Crippen LogP contribution in [0, 0.1) is 0 Å². The van der Waals surface area contributed by atoms with Crippen molar-refractivity contribution in [2.24, 2.45) is 0 Å². The topological polar surface area (TPSA) is 85.2 Å². The van der Waals surface area contributed by atoms with Gasteiger partial charge in [-0.2, -0.15) is 0 Å². The summed E-state index contributed by atoms with van der Waals surface area (Å²) in [4.78, 5) is 11.0. The van der Waals surface area contributed by atoms with Crippen LogP contribution in [0.2, 0.25) is 0 Å². The third kappa shape index (κ3) is 5.87. The van der Waals surface area contributed by atoms with Crippen molar-refractivity contribution in [2.75, 3.05) is 33.5 Å². The van der Waals surface area contributed by atoms with E-state index in [1.165, 1.54) is 6.07 Å². The van der Waals surface area contributed by atoms with E-state index in [-0.39, 0.29) is 24.5 Å². The molecule has 0 aliphatic heterocycles. The van der Waals surface area contributed by atoms with Gasteiger partial charge in [0.05, 0.1) is 19.8 Å². The van der Waals surface area contributed by atoms with E-state index < -0.39 is 12.1 Å². The lowest BCUT2D eigenvalue weighted by Crippen LogP contribution is -2.24. The summed E-state index contributed by atoms with van der Waals surface area (Å²) in [6.07, 6.45) is -0.840. The van der Waals surface area contributed by atoms with E-state index in [1.807, 2.05) is 0 Å². The molecule has 1 rings (SSSR count). The molecular weight excluding hydrogens is 332 g/mol. The molecule has 0 aromatic heterocycles. The molecule has 1 atom stereocenters. The zero-order valence-corrected chi connectivity index (χ0v) is 12.6. The van der Waals surface area contributed by atoms with Crippen LogP contribution in [0.5, 0.6) is 5.75 Å². The van der Waals surface area contributed by atoms with Gasteiger partial charge in [-0.15, -0.1) is 0 Å². The van der Waals surface area contributed by atoms with E-state index in [4.69, 9.17) is 19.3 Å². The van der Waals surface area contributed by atoms with E-state index in [0.717, 1.165) is 0 Å². The first kappa shape index (κ1) is 16.9. The molecule has 0 aliphatic carbocycles. The summed E-state index contributed by atoms with van der Waals surface area (Å²) in [7, 11) is 1.56. The monoisotopic (exact) mass is 348 g/mol. The molecule has 1 unspecified atom stereocenters. The fourth-order valence-electron chi connectivity index (χ4n) is 1.39. The van der Waals surface area contributed by atoms with E-state index in [0.29, 0.717) is 17.7 Å². The Hall–Kier alpha value is -1.15. The number of hydrogen-bond acceptors (Lipinski definition) is 5. The predicted octanol–water partition coefficient (Wildman–Crippen LogP) is 1.55. The second kappa shape index (κ2) is 8.91. The molecule has 0 aliphatic rings. The first-order chi connectivity index (χ1) is 9.54. The molecule has 112 valence electrons. The molecule has 0 saturated carbocycles. The Morgan fingerprint density at radius 3 is 2.75 bits per heavy atom. The van der Waals surface area contributed by atoms with Crippen LogP contribution in [0.1, 0.15) is 10.4 Å². The van der Waals surface area contributed by atoms with Gasteiger partial charge in [0, 0.05) is 11.6 Å². The lowest BCUT2D eigenvalue weighted by Gasteiger charge is -2.14. The van der Waals surface area contributed by atoms with Crippen LogP contribution in [-0.4, -0.2) is 55.8 Å². The molecule has 7 heteroatoms. The average Bonchev–Trinajstić information content (AvgIpc) is 2.41. The molecule has 0 fully saturated rings. The van der Waals surface area contributed by atoms with Crippen molar-refractivity contribution in [3.05, 3.63) is 28.2 Å². The highest BCUT2D eigenvalue weighted by molar-refractivity contribution is 9.10. The largest absolute Gasteiger partial charge is 0.490 e. The molecule has 0 radical (unpaired) electrons. The van der Waals surface area contributed by atoms with Gasteiger partial charge in [0.1, 0.15) is 24.0 Å². The van der Waals surface area contributed by atoms with Gasteiger partial charge < -0.3 is 24.4 Å². The fraction of sp³-hybridized carbons (Fsp3) is 0.462. The van der Waals surface area contributed by atoms with Crippen LogP contribution in [-0.2, 0) is 9.47 Å². The second-order valence-electron chi connectivity index (χ2n) is 3.98. The molecule has 6 nitrogen and oxygen atoms in total. The quantitative estimate of drug-likeness (QED) is 0.658. The van der Waals surface area contributed by atoms with Gasteiger partial charge in [-0.05, 0) is 18.2 Å². The molecule has 20 heavy (non-hydrogen) atoms. The highest BCUT2D eigenvalue weighted by Crippen LogP contribution is 2.24. The van der Waals surface area contributed by atoms with Crippen LogP contribution in [0.25, 0.3) is 0 Å². The van der Waals surface area contributed by atoms with Crippen molar-refractivity contribution in [3.63, 3.8) is 0 Å². The number of hydrogen-bond donors (Lipinski definition) is 2. The molecule has 0 spiro atoms. The summed E-state index contributed by atoms with van der Waals surface area (Å²) >= 11 is 3.24. The lowest BCUT2D eigenvalue weighted by molar-refractivity contribution is -0.00439. The summed E-state index contributed by atoms with van der Waals surface area (Å²) in [6.45, 7) is 0.872. The number of carbonyl (C=O) groups is 1. The number of rotatable bonds is 9. The van der Waals surface area contributed by atoms with Crippen LogP contribution in [0.15, 0.2) is 22.7 Å². The highest BCUT2D eigenvalue weighted by Gasteiger charge is 2.13. The standard InChI is InChI=1S/C13H17BrO6/c1-18-4-5-19-7-10(15)8-20-12-6-9(14)2-3-11(12)13(16)17/h2-3,6,10,15H,4-5,7-8H2,1H3,(H,16,17). The minimum atomic E-state index is -1.08. The Morgan fingerprint density at radius 2 is 2.10 bits per heavy atom. The average molecular weight is 349 g/mol. The Balaban J connectivity index is 2.48. The smallest absolute Gasteiger partial charge is 0.339 e. The van der Waals surface area contributed by atoms with E-state index >= 15 is 0 Å². The van der Waals surface area contributed by atoms with Crippen molar-refractivity contribution in [1.82, 2.24) is 0 Å². The zero-order chi connectivity index (χ0) is 15.0. The summed E-state index contributed by atoms with van der Waals surface area (Å²) < 4.78 is 16.0. The van der Waals surface area contributed by atoms with Gasteiger partial charge in [0.25, 0.3) is 0 Å². The van der Waals surface area contributed by atoms with Gasteiger partial charge in [-0.3, -0.25) is 0 Å². The maximum Gasteiger partial charge on any atom is 0.339 e. The number of halogens is 1. The zero-order valence-electron chi connectivity index (χ0n) is 11.0. The predicted molar refractivity (Wildman–Crippen MR) is 75.3 cm³/mol. The number of aliphatic hydroxyl groups excluding tert-OH is 1. The molecule has 0 heterocycles. The lowest BCUT2D eigenvalue weighted by atomic mass is 10.2. The first-order valence-corrected chi connectivity index (χ1v) is 6.74. The number of carboxylic acid groups (broad SMARTS) is 1. The maximum atomic E-state index is 11.0. The van der Waals surface area contributed by atoms with Crippen molar-refractivity contribution >= 4 is 21.9 Å². The molecule has 1 aromatic carbocycles. The number of aliphatic hydroxyl groups is 1. The third-order valence-electron chi connectivity index (χ3n) is 2.35. The van der Waals surface area contributed by atoms with Crippen molar-refractivity contribution in [2.45, 2.75) is 6.10 Å². The summed E-state index contributed by atoms with van der Waals surface area (Å²) in [6, 6.07) is 4.59. The number of ether oxygens (including phenoxy) is 3. The van der Waals surface area contributed by atoms with E-state index in [9.17, 15) is 9.90 Å². The van der Waals surface area contributed by atoms with E-state index in [2.05, 4.69) is 15.9 Å². The number of carboxylic acids is 1. The SMILES string of the molecule is COCCOCC(O)COc1cc(Br)ccc1C(=O)O. The van der Waals surface area contributed by atoms with E-state index in [1.54, 1.807) is 19.2 Å². The summed E-state index contributed by atoms with van der Waals surface area (Å²) in [5, 5.41) is 18.7. The Morgan fingerprint density at radius 1 is 1.35 bits per heavy atom. The van der Waals surface area contributed by atoms with Crippen LogP contribution >= 0.6 is 15.9 Å². The van der Waals surface area contributed by atoms with Gasteiger partial charge in [-0.25, -0.2) is 4.79 Å². The van der Waals surface area contributed by atoms with Crippen LogP contribution < -0.4 is 4.74 Å². The molecule has 0 amide bonds. The Labute approximate surface area is 125 Å². The number of methoxy groups -OCH3 is 1. The Kier molecular flexibility index (Phi) is 7.53. The fourth-order valence-corrected chi connectivity index (χ4v) is 1.73. The normalized spacial score (nSPS) is 12.2. The molecule has 1 aromatic rings. The van der Waals surface area contributed by atoms with Gasteiger partial charge in [0.2, 0.25) is 0 Å². The molecule has 0 bridgehead atoms. The summed E-state index contributed by atoms with van der Waals surface area (Å²) in [5.74, 6) is -0.888. The van der Waals surface area contributed by atoms with Crippen molar-refractivity contribution in [1.29, 1.82) is 0 Å². The highest BCUT2D eigenvalue weighted by atomic mass is 79.9. The molecular formula is C13H17BrO6. The molecule has 2 N–H and O–H groups in total. The summed E-state index contributed by atoms with van der Waals surface area (Å²) in [5.41, 5.74) is 0.0423. The van der Waals surface area contributed by atoms with Crippen LogP contribution in [0.4, 0.5) is 0 Å². The minimum Gasteiger partial charge on any atom is -0.490 e. The maximum absolute atomic E-state index is 11.0. The van der Waals surface area contributed by atoms with Gasteiger partial charge >= 0.3 is 5.97 Å². The third-order valence-corrected chi connectivity index (χ3v) is 2.84. The Bertz CT molecular complexity index is 437. The minimum absolute atomic E-state index is 0.0423. The molecule has 0 saturated heterocycles. The van der Waals surface area contributed by atoms with Gasteiger partial charge in [0.15, 0.2) is 0 Å². The van der Waals surface area contributed by atoms with Crippen molar-refractivity contribution < 1.29 is 29.2 Å². The van der Waals surface area contributed by atoms with Crippen molar-refractivity contribution in [3.8, 4) is 5.75 Å². The van der Waals surface area contributed by atoms with Crippen LogP contribution in [0.3, 0.4) is 0 Å². The van der Waals surface area contributed by atoms with Gasteiger partial charge in [-0.1, -0.05) is 15.9 Å². The second-order valence-corrected chi connectivity index (χ2v) is 4.89.